The molecule has 3 aliphatic rings. The predicted molar refractivity (Wildman–Crippen MR) is 156 cm³/mol. The number of nitrogens with zero attached hydrogens (tertiary/aromatic N) is 3. The zero-order valence-corrected chi connectivity index (χ0v) is 24.5. The number of hydrogen-bond acceptors (Lipinski definition) is 5. The van der Waals surface area contributed by atoms with Crippen molar-refractivity contribution in [2.45, 2.75) is 77.0 Å². The summed E-state index contributed by atoms with van der Waals surface area (Å²) < 4.78 is 6.82. The summed E-state index contributed by atoms with van der Waals surface area (Å²) in [5.41, 5.74) is 0.794. The topological polar surface area (TPSA) is 90.4 Å². The number of hydrogen-bond donors (Lipinski definition) is 1. The minimum atomic E-state index is -1.09. The van der Waals surface area contributed by atoms with Gasteiger partial charge in [-0.1, -0.05) is 37.3 Å². The third-order valence-electron chi connectivity index (χ3n) is 9.03. The Balaban J connectivity index is 1.82. The van der Waals surface area contributed by atoms with Crippen LogP contribution in [0.25, 0.3) is 0 Å². The largest absolute Gasteiger partial charge is 0.396 e. The van der Waals surface area contributed by atoms with Gasteiger partial charge in [0.15, 0.2) is 0 Å². The van der Waals surface area contributed by atoms with E-state index in [4.69, 9.17) is 4.74 Å². The normalized spacial score (nSPS) is 28.5. The van der Waals surface area contributed by atoms with Gasteiger partial charge in [0.05, 0.1) is 17.4 Å². The Morgan fingerprint density at radius 2 is 1.80 bits per heavy atom. The lowest BCUT2D eigenvalue weighted by atomic mass is 9.66. The van der Waals surface area contributed by atoms with E-state index in [1.54, 1.807) is 26.9 Å². The number of carbonyl (C=O) groups excluding carboxylic acids is 3. The smallest absolute Gasteiger partial charge is 0.253 e. The molecule has 1 aromatic carbocycles. The van der Waals surface area contributed by atoms with Crippen molar-refractivity contribution in [1.29, 1.82) is 0 Å². The fourth-order valence-corrected chi connectivity index (χ4v) is 7.43. The lowest BCUT2D eigenvalue weighted by Gasteiger charge is -2.37. The molecule has 0 aliphatic carbocycles. The average molecular weight is 552 g/mol. The Morgan fingerprint density at radius 3 is 2.40 bits per heavy atom. The summed E-state index contributed by atoms with van der Waals surface area (Å²) in [5, 5.41) is 9.45. The molecule has 218 valence electrons. The summed E-state index contributed by atoms with van der Waals surface area (Å²) in [5.74, 6) is -1.94. The number of aliphatic hydroxyl groups is 1. The molecule has 8 nitrogen and oxygen atoms in total. The molecule has 1 N–H and O–H groups in total. The molecule has 4 rings (SSSR count). The van der Waals surface area contributed by atoms with Gasteiger partial charge in [0.25, 0.3) is 5.91 Å². The number of benzene rings is 1. The second-order valence-electron chi connectivity index (χ2n) is 11.7. The van der Waals surface area contributed by atoms with Crippen molar-refractivity contribution < 1.29 is 24.2 Å². The van der Waals surface area contributed by atoms with Crippen LogP contribution in [0.1, 0.15) is 57.1 Å². The molecule has 5 atom stereocenters. The first kappa shape index (κ1) is 30.0. The van der Waals surface area contributed by atoms with Gasteiger partial charge in [-0.2, -0.15) is 0 Å². The first-order chi connectivity index (χ1) is 19.1. The molecule has 3 aliphatic heterocycles. The summed E-state index contributed by atoms with van der Waals surface area (Å²) >= 11 is 0. The molecule has 3 fully saturated rings. The molecular weight excluding hydrogens is 506 g/mol. The van der Waals surface area contributed by atoms with Crippen molar-refractivity contribution in [3.8, 4) is 0 Å². The maximum atomic E-state index is 14.7. The van der Waals surface area contributed by atoms with Crippen molar-refractivity contribution in [3.05, 3.63) is 54.6 Å². The number of fused-ring (bicyclic) bond motifs is 1. The van der Waals surface area contributed by atoms with Crippen molar-refractivity contribution >= 4 is 23.4 Å². The van der Waals surface area contributed by atoms with E-state index in [-0.39, 0.29) is 30.9 Å². The number of ether oxygens (including phenoxy) is 1. The summed E-state index contributed by atoms with van der Waals surface area (Å²) in [6.07, 6.45) is 6.38. The van der Waals surface area contributed by atoms with E-state index < -0.39 is 29.1 Å². The van der Waals surface area contributed by atoms with Crippen molar-refractivity contribution in [2.75, 3.05) is 37.7 Å². The quantitative estimate of drug-likeness (QED) is 0.298. The van der Waals surface area contributed by atoms with Crippen LogP contribution in [0.2, 0.25) is 0 Å². The summed E-state index contributed by atoms with van der Waals surface area (Å²) in [6.45, 7) is 17.2. The van der Waals surface area contributed by atoms with Gasteiger partial charge in [0.1, 0.15) is 11.6 Å². The maximum absolute atomic E-state index is 14.7. The van der Waals surface area contributed by atoms with Gasteiger partial charge in [0, 0.05) is 38.5 Å². The van der Waals surface area contributed by atoms with E-state index in [0.29, 0.717) is 45.3 Å². The van der Waals surface area contributed by atoms with Gasteiger partial charge in [-0.25, -0.2) is 0 Å². The first-order valence-corrected chi connectivity index (χ1v) is 14.6. The van der Waals surface area contributed by atoms with Gasteiger partial charge in [0.2, 0.25) is 11.8 Å². The fraction of sp³-hybridized carbons (Fsp3) is 0.594. The number of carbonyl (C=O) groups is 3. The van der Waals surface area contributed by atoms with Gasteiger partial charge in [-0.15, -0.1) is 13.2 Å². The number of anilines is 1. The monoisotopic (exact) mass is 551 g/mol. The van der Waals surface area contributed by atoms with E-state index in [1.165, 1.54) is 0 Å². The van der Waals surface area contributed by atoms with Crippen LogP contribution in [0.5, 0.6) is 0 Å². The number of aryl methyl sites for hydroxylation is 2. The predicted octanol–water partition coefficient (Wildman–Crippen LogP) is 3.78. The number of unbranched alkanes of at least 4 members (excludes halogenated alkanes) is 1. The highest BCUT2D eigenvalue weighted by atomic mass is 16.5. The van der Waals surface area contributed by atoms with Crippen LogP contribution in [0, 0.1) is 25.7 Å². The molecule has 2 bridgehead atoms. The van der Waals surface area contributed by atoms with Gasteiger partial charge >= 0.3 is 0 Å². The molecule has 3 saturated heterocycles. The van der Waals surface area contributed by atoms with Crippen LogP contribution in [0.15, 0.2) is 43.5 Å². The van der Waals surface area contributed by atoms with E-state index in [1.807, 2.05) is 45.9 Å². The van der Waals surface area contributed by atoms with Crippen LogP contribution >= 0.6 is 0 Å². The van der Waals surface area contributed by atoms with Crippen LogP contribution in [-0.2, 0) is 19.1 Å². The molecular formula is C32H45N3O5. The molecule has 3 heterocycles. The molecule has 40 heavy (non-hydrogen) atoms. The van der Waals surface area contributed by atoms with Gasteiger partial charge in [-0.05, 0) is 64.0 Å². The molecule has 3 amide bonds. The number of amides is 3. The van der Waals surface area contributed by atoms with E-state index in [0.717, 1.165) is 23.2 Å². The third-order valence-corrected chi connectivity index (χ3v) is 9.03. The number of rotatable bonds is 13. The van der Waals surface area contributed by atoms with E-state index in [2.05, 4.69) is 13.2 Å². The molecule has 1 spiro atoms. The van der Waals surface area contributed by atoms with Gasteiger partial charge < -0.3 is 24.5 Å². The highest BCUT2D eigenvalue weighted by molar-refractivity contribution is 6.05. The third kappa shape index (κ3) is 4.79. The lowest BCUT2D eigenvalue weighted by Crippen LogP contribution is -2.57. The first-order valence-electron chi connectivity index (χ1n) is 14.6. The Morgan fingerprint density at radius 1 is 1.12 bits per heavy atom. The zero-order chi connectivity index (χ0) is 29.2. The zero-order valence-electron chi connectivity index (χ0n) is 24.5. The number of aliphatic hydroxyl groups excluding tert-OH is 1. The van der Waals surface area contributed by atoms with Crippen molar-refractivity contribution in [2.24, 2.45) is 11.8 Å². The second-order valence-corrected chi connectivity index (χ2v) is 11.7. The minimum Gasteiger partial charge on any atom is -0.396 e. The Labute approximate surface area is 238 Å². The van der Waals surface area contributed by atoms with Crippen LogP contribution in [0.3, 0.4) is 0 Å². The Hall–Kier alpha value is -2.97. The summed E-state index contributed by atoms with van der Waals surface area (Å²) in [4.78, 5) is 48.3. The highest BCUT2D eigenvalue weighted by Crippen LogP contribution is 2.63. The molecule has 2 unspecified atom stereocenters. The molecule has 1 aromatic rings. The van der Waals surface area contributed by atoms with E-state index in [9.17, 15) is 19.5 Å². The summed E-state index contributed by atoms with van der Waals surface area (Å²) in [6, 6.07) is 5.03. The number of para-hydroxylation sites is 1. The van der Waals surface area contributed by atoms with E-state index >= 15 is 0 Å². The van der Waals surface area contributed by atoms with Crippen LogP contribution < -0.4 is 4.90 Å². The standard InChI is InChI=1S/C32H45N3O5/c1-7-17-33(18-8-2)28(37)24-25-29(38)35(20-10-11-21-36)27(32(25)16-15-31(24,6)40-32)30(39)34(19-9-3)26-22(4)13-12-14-23(26)5/h7,9,12-14,24-25,27,36H,1,3,8,10-11,15-21H2,2,4-6H3/t24-,25-,27?,31+,32?/m0/s1. The van der Waals surface area contributed by atoms with Crippen LogP contribution in [-0.4, -0.2) is 82.7 Å². The summed E-state index contributed by atoms with van der Waals surface area (Å²) in [7, 11) is 0. The average Bonchev–Trinajstić information content (AvgIpc) is 3.48. The van der Waals surface area contributed by atoms with Gasteiger partial charge in [-0.3, -0.25) is 14.4 Å². The molecule has 8 heteroatoms. The molecule has 0 saturated carbocycles. The lowest BCUT2D eigenvalue weighted by molar-refractivity contribution is -0.149. The SMILES string of the molecule is C=CCN(CCC)C(=O)[C@@H]1[C@H]2C(=O)N(CCCCO)C(C(=O)N(CC=C)c3c(C)cccc3C)C23CC[C@@]1(C)O3. The molecule has 0 radical (unpaired) electrons. The fourth-order valence-electron chi connectivity index (χ4n) is 7.43. The maximum Gasteiger partial charge on any atom is 0.253 e. The molecule has 0 aromatic heterocycles. The Bertz CT molecular complexity index is 1150. The Kier molecular flexibility index (Phi) is 8.90. The minimum absolute atomic E-state index is 0.00339. The highest BCUT2D eigenvalue weighted by Gasteiger charge is 2.78. The van der Waals surface area contributed by atoms with Crippen molar-refractivity contribution in [1.82, 2.24) is 9.80 Å². The number of likely N-dealkylation sites (tertiary alicyclic amines) is 1. The van der Waals surface area contributed by atoms with Crippen molar-refractivity contribution in [3.63, 3.8) is 0 Å². The van der Waals surface area contributed by atoms with Crippen LogP contribution in [0.4, 0.5) is 5.69 Å². The second kappa shape index (κ2) is 11.9.